The van der Waals surface area contributed by atoms with Crippen molar-refractivity contribution < 1.29 is 21.4 Å². The molecule has 6 bridgehead atoms. The van der Waals surface area contributed by atoms with Gasteiger partial charge in [-0.1, -0.05) is 0 Å². The summed E-state index contributed by atoms with van der Waals surface area (Å²) in [6.45, 7) is -0.275. The summed E-state index contributed by atoms with van der Waals surface area (Å²) in [4.78, 5) is 16.0. The molecule has 3 heterocycles. The number of rotatable bonds is 0. The molecule has 3 atom stereocenters. The van der Waals surface area contributed by atoms with Crippen LogP contribution in [0, 0.1) is 5.82 Å². The van der Waals surface area contributed by atoms with Crippen LogP contribution in [0.3, 0.4) is 0 Å². The van der Waals surface area contributed by atoms with Crippen molar-refractivity contribution in [1.82, 2.24) is 20.5 Å². The Bertz CT molecular complexity index is 925. The molecule has 9 heteroatoms. The Morgan fingerprint density at radius 1 is 1.32 bits per heavy atom. The first-order valence-electron chi connectivity index (χ1n) is 10.4. The number of nitrogens with one attached hydrogen (secondary N) is 3. The molecule has 0 saturated heterocycles. The predicted octanol–water partition coefficient (Wildman–Crippen LogP) is 3.61. The summed E-state index contributed by atoms with van der Waals surface area (Å²) in [5.41, 5.74) is 0.962. The molecule has 1 fully saturated rings. The third kappa shape index (κ3) is 4.35. The van der Waals surface area contributed by atoms with E-state index in [1.165, 1.54) is 6.07 Å². The maximum Gasteiger partial charge on any atom is 0.407 e. The standard InChI is InChI=1S/C19H24FN5O3/c1-11-3-2-6-27-18-9-16(14(20)10-21-18)23-17-8-15(24-25-17)12-4-5-13(7-12)28-19(26)22-11/h8-13H,2-7H2,1H3,(H,22,26)(H2,23,24,25)/t11-,12-,13+/m0/s1/i6D2. The molecule has 1 aliphatic carbocycles. The van der Waals surface area contributed by atoms with Gasteiger partial charge in [-0.25, -0.2) is 14.2 Å². The summed E-state index contributed by atoms with van der Waals surface area (Å²) in [6, 6.07) is 2.79. The summed E-state index contributed by atoms with van der Waals surface area (Å²) in [5.74, 6) is -0.0799. The minimum Gasteiger partial charge on any atom is -0.478 e. The van der Waals surface area contributed by atoms with Crippen molar-refractivity contribution in [1.29, 1.82) is 0 Å². The Morgan fingerprint density at radius 3 is 3.11 bits per heavy atom. The minimum atomic E-state index is -2.05. The number of aromatic nitrogens is 3. The zero-order chi connectivity index (χ0) is 21.3. The Balaban J connectivity index is 1.60. The number of hydrogen-bond donors (Lipinski definition) is 3. The number of H-pyrrole nitrogens is 1. The summed E-state index contributed by atoms with van der Waals surface area (Å²) < 4.78 is 41.2. The van der Waals surface area contributed by atoms with Crippen molar-refractivity contribution >= 4 is 17.6 Å². The van der Waals surface area contributed by atoms with Crippen LogP contribution in [0.5, 0.6) is 5.88 Å². The Kier molecular flexibility index (Phi) is 4.63. The zero-order valence-corrected chi connectivity index (χ0v) is 15.5. The van der Waals surface area contributed by atoms with Crippen LogP contribution in [0.15, 0.2) is 18.3 Å². The summed E-state index contributed by atoms with van der Waals surface area (Å²) in [5, 5.41) is 12.8. The molecule has 3 N–H and O–H groups in total. The molecule has 1 saturated carbocycles. The number of alkyl carbamates (subject to hydrolysis) is 1. The number of amides is 1. The molecule has 4 rings (SSSR count). The molecule has 2 aromatic heterocycles. The molecule has 0 aromatic carbocycles. The van der Waals surface area contributed by atoms with Gasteiger partial charge < -0.3 is 20.1 Å². The van der Waals surface area contributed by atoms with Gasteiger partial charge in [-0.3, -0.25) is 5.10 Å². The first-order chi connectivity index (χ1) is 14.3. The van der Waals surface area contributed by atoms with Gasteiger partial charge in [-0.05, 0) is 39.0 Å². The van der Waals surface area contributed by atoms with Gasteiger partial charge in [0.1, 0.15) is 6.10 Å². The van der Waals surface area contributed by atoms with Gasteiger partial charge in [0.15, 0.2) is 11.6 Å². The van der Waals surface area contributed by atoms with E-state index in [-0.39, 0.29) is 36.1 Å². The molecule has 0 unspecified atom stereocenters. The van der Waals surface area contributed by atoms with Crippen LogP contribution in [0.4, 0.5) is 20.7 Å². The number of aromatic amines is 1. The highest BCUT2D eigenvalue weighted by Crippen LogP contribution is 2.36. The van der Waals surface area contributed by atoms with E-state index in [9.17, 15) is 9.18 Å². The molecular weight excluding hydrogens is 365 g/mol. The highest BCUT2D eigenvalue weighted by molar-refractivity contribution is 5.67. The predicted molar refractivity (Wildman–Crippen MR) is 100 cm³/mol. The molecule has 150 valence electrons. The highest BCUT2D eigenvalue weighted by Gasteiger charge is 2.30. The summed E-state index contributed by atoms with van der Waals surface area (Å²) in [7, 11) is 0. The maximum absolute atomic E-state index is 14.2. The van der Waals surface area contributed by atoms with Gasteiger partial charge in [-0.2, -0.15) is 5.10 Å². The van der Waals surface area contributed by atoms with Crippen LogP contribution in [0.1, 0.15) is 53.4 Å². The van der Waals surface area contributed by atoms with Crippen LogP contribution in [-0.2, 0) is 4.74 Å². The van der Waals surface area contributed by atoms with Gasteiger partial charge in [-0.15, -0.1) is 0 Å². The lowest BCUT2D eigenvalue weighted by atomic mass is 10.0. The van der Waals surface area contributed by atoms with Crippen molar-refractivity contribution in [3.63, 3.8) is 0 Å². The Hall–Kier alpha value is -2.84. The van der Waals surface area contributed by atoms with E-state index in [0.29, 0.717) is 18.7 Å². The van der Waals surface area contributed by atoms with E-state index in [4.69, 9.17) is 12.2 Å². The molecular formula is C19H24FN5O3. The second-order valence-corrected chi connectivity index (χ2v) is 7.20. The van der Waals surface area contributed by atoms with E-state index in [1.54, 1.807) is 13.0 Å². The third-order valence-electron chi connectivity index (χ3n) is 5.01. The Morgan fingerprint density at radius 2 is 2.21 bits per heavy atom. The van der Waals surface area contributed by atoms with E-state index in [1.807, 2.05) is 0 Å². The maximum atomic E-state index is 14.2. The van der Waals surface area contributed by atoms with Crippen LogP contribution >= 0.6 is 0 Å². The topological polar surface area (TPSA) is 101 Å². The van der Waals surface area contributed by atoms with E-state index in [2.05, 4.69) is 25.8 Å². The highest BCUT2D eigenvalue weighted by atomic mass is 19.1. The molecule has 28 heavy (non-hydrogen) atoms. The molecule has 2 aliphatic rings. The van der Waals surface area contributed by atoms with Gasteiger partial charge in [0.05, 0.1) is 21.2 Å². The fraction of sp³-hybridized carbons (Fsp3) is 0.526. The number of pyridine rings is 1. The average Bonchev–Trinajstić information content (AvgIpc) is 3.31. The van der Waals surface area contributed by atoms with Crippen LogP contribution in [0.2, 0.25) is 0 Å². The first-order valence-corrected chi connectivity index (χ1v) is 9.41. The quantitative estimate of drug-likeness (QED) is 0.634. The smallest absolute Gasteiger partial charge is 0.407 e. The normalized spacial score (nSPS) is 28.4. The Labute approximate surface area is 165 Å². The fourth-order valence-corrected chi connectivity index (χ4v) is 3.51. The number of nitrogens with zero attached hydrogens (tertiary/aromatic N) is 2. The second-order valence-electron chi connectivity index (χ2n) is 7.20. The van der Waals surface area contributed by atoms with E-state index < -0.39 is 18.5 Å². The average molecular weight is 391 g/mol. The van der Waals surface area contributed by atoms with Gasteiger partial charge in [0, 0.05) is 29.8 Å². The molecule has 0 spiro atoms. The number of fused-ring (bicyclic) bond motifs is 7. The zero-order valence-electron chi connectivity index (χ0n) is 17.5. The van der Waals surface area contributed by atoms with Crippen LogP contribution in [-0.4, -0.2) is 40.0 Å². The number of ether oxygens (including phenoxy) is 2. The van der Waals surface area contributed by atoms with E-state index in [0.717, 1.165) is 24.7 Å². The van der Waals surface area contributed by atoms with Crippen LogP contribution in [0.25, 0.3) is 0 Å². The molecule has 1 amide bonds. The molecule has 1 aliphatic heterocycles. The number of carbonyl (C=O) groups excluding carboxylic acids is 1. The van der Waals surface area contributed by atoms with Crippen LogP contribution < -0.4 is 15.4 Å². The number of hydrogen-bond acceptors (Lipinski definition) is 6. The summed E-state index contributed by atoms with van der Waals surface area (Å²) in [6.07, 6.45) is 2.86. The number of carbonyl (C=O) groups is 1. The lowest BCUT2D eigenvalue weighted by Crippen LogP contribution is -2.35. The van der Waals surface area contributed by atoms with Crippen molar-refractivity contribution in [2.75, 3.05) is 11.9 Å². The van der Waals surface area contributed by atoms with Crippen molar-refractivity contribution in [3.8, 4) is 5.88 Å². The van der Waals surface area contributed by atoms with E-state index >= 15 is 0 Å². The number of anilines is 2. The SMILES string of the molecule is [2H]C1([2H])CC[C@H](C)NC(=O)O[C@@H]2CC[C@@H](C2)c2cc(n[nH]2)Nc2cc(ncc2F)O1. The minimum absolute atomic E-state index is 0.00446. The molecule has 8 nitrogen and oxygen atoms in total. The van der Waals surface area contributed by atoms with Crippen molar-refractivity contribution in [3.05, 3.63) is 29.8 Å². The monoisotopic (exact) mass is 391 g/mol. The third-order valence-corrected chi connectivity index (χ3v) is 5.01. The number of halogens is 1. The fourth-order valence-electron chi connectivity index (χ4n) is 3.51. The molecule has 2 aromatic rings. The van der Waals surface area contributed by atoms with Crippen molar-refractivity contribution in [2.24, 2.45) is 0 Å². The molecule has 0 radical (unpaired) electrons. The lowest BCUT2D eigenvalue weighted by molar-refractivity contribution is 0.0969. The lowest BCUT2D eigenvalue weighted by Gasteiger charge is -2.17. The van der Waals surface area contributed by atoms with Gasteiger partial charge in [0.25, 0.3) is 0 Å². The van der Waals surface area contributed by atoms with Gasteiger partial charge in [0.2, 0.25) is 5.88 Å². The van der Waals surface area contributed by atoms with Crippen molar-refractivity contribution in [2.45, 2.75) is 57.1 Å². The largest absolute Gasteiger partial charge is 0.478 e. The first kappa shape index (κ1) is 16.1. The second kappa shape index (κ2) is 8.04. The van der Waals surface area contributed by atoms with Gasteiger partial charge >= 0.3 is 6.09 Å². The summed E-state index contributed by atoms with van der Waals surface area (Å²) >= 11 is 0.